The number of nitrogens with zero attached hydrogens (tertiary/aromatic N) is 1. The van der Waals surface area contributed by atoms with Gasteiger partial charge in [-0.25, -0.2) is 0 Å². The third-order valence-electron chi connectivity index (χ3n) is 4.15. The van der Waals surface area contributed by atoms with Crippen LogP contribution in [0.5, 0.6) is 0 Å². The quantitative estimate of drug-likeness (QED) is 0.682. The third-order valence-corrected chi connectivity index (χ3v) is 4.40. The number of ether oxygens (including phenoxy) is 1. The van der Waals surface area contributed by atoms with Crippen LogP contribution < -0.4 is 0 Å². The summed E-state index contributed by atoms with van der Waals surface area (Å²) in [5.74, 6) is -0.400. The second kappa shape index (κ2) is 8.34. The van der Waals surface area contributed by atoms with E-state index in [0.717, 1.165) is 30.7 Å². The van der Waals surface area contributed by atoms with Crippen LogP contribution in [0.25, 0.3) is 0 Å². The molecule has 1 unspecified atom stereocenters. The lowest BCUT2D eigenvalue weighted by Crippen LogP contribution is -2.38. The number of halogens is 1. The predicted molar refractivity (Wildman–Crippen MR) is 90.3 cm³/mol. The number of methoxy groups -OCH3 is 1. The summed E-state index contributed by atoms with van der Waals surface area (Å²) in [6.45, 7) is 2.26. The van der Waals surface area contributed by atoms with E-state index in [1.807, 2.05) is 36.1 Å². The van der Waals surface area contributed by atoms with E-state index in [0.29, 0.717) is 19.0 Å². The van der Waals surface area contributed by atoms with E-state index >= 15 is 0 Å². The Hall–Kier alpha value is -1.55. The first kappa shape index (κ1) is 17.8. The first-order valence-corrected chi connectivity index (χ1v) is 8.50. The molecule has 1 saturated carbocycles. The fraction of sp³-hybridized carbons (Fsp3) is 0.556. The van der Waals surface area contributed by atoms with Gasteiger partial charge in [0.15, 0.2) is 0 Å². The number of aryl methyl sites for hydroxylation is 1. The molecule has 0 N–H and O–H groups in total. The van der Waals surface area contributed by atoms with Gasteiger partial charge in [-0.3, -0.25) is 9.59 Å². The van der Waals surface area contributed by atoms with Gasteiger partial charge in [0.05, 0.1) is 13.0 Å². The van der Waals surface area contributed by atoms with Gasteiger partial charge in [-0.2, -0.15) is 0 Å². The molecule has 0 radical (unpaired) electrons. The van der Waals surface area contributed by atoms with Crippen molar-refractivity contribution in [3.05, 3.63) is 34.9 Å². The Morgan fingerprint density at radius 2 is 1.96 bits per heavy atom. The molecule has 2 rings (SSSR count). The molecule has 1 atom stereocenters. The highest BCUT2D eigenvalue weighted by Gasteiger charge is 2.34. The van der Waals surface area contributed by atoms with Crippen LogP contribution in [0.2, 0.25) is 5.02 Å². The number of benzene rings is 1. The maximum absolute atomic E-state index is 12.5. The first-order valence-electron chi connectivity index (χ1n) is 8.13. The van der Waals surface area contributed by atoms with Crippen LogP contribution in [0, 0.1) is 5.92 Å². The smallest absolute Gasteiger partial charge is 0.310 e. The molecule has 1 aromatic rings. The van der Waals surface area contributed by atoms with Crippen LogP contribution in [-0.4, -0.2) is 36.5 Å². The van der Waals surface area contributed by atoms with Gasteiger partial charge >= 0.3 is 5.97 Å². The predicted octanol–water partition coefficient (Wildman–Crippen LogP) is 3.46. The normalized spacial score (nSPS) is 15.1. The molecule has 0 bridgehead atoms. The van der Waals surface area contributed by atoms with Crippen LogP contribution in [0.4, 0.5) is 0 Å². The molecule has 126 valence electrons. The zero-order chi connectivity index (χ0) is 16.8. The van der Waals surface area contributed by atoms with Gasteiger partial charge in [-0.05, 0) is 43.4 Å². The van der Waals surface area contributed by atoms with Gasteiger partial charge in [0.1, 0.15) is 0 Å². The summed E-state index contributed by atoms with van der Waals surface area (Å²) >= 11 is 5.87. The SMILES string of the molecule is COC(=O)C(C)CN(C(=O)CCCc1ccc(Cl)cc1)C1CC1. The van der Waals surface area contributed by atoms with Crippen molar-refractivity contribution in [1.29, 1.82) is 0 Å². The van der Waals surface area contributed by atoms with Crippen molar-refractivity contribution in [3.8, 4) is 0 Å². The van der Waals surface area contributed by atoms with Gasteiger partial charge in [-0.1, -0.05) is 30.7 Å². The van der Waals surface area contributed by atoms with Gasteiger partial charge < -0.3 is 9.64 Å². The second-order valence-corrected chi connectivity index (χ2v) is 6.62. The van der Waals surface area contributed by atoms with Crippen molar-refractivity contribution in [2.24, 2.45) is 5.92 Å². The molecule has 0 aromatic heterocycles. The Labute approximate surface area is 142 Å². The number of esters is 1. The summed E-state index contributed by atoms with van der Waals surface area (Å²) in [7, 11) is 1.38. The van der Waals surface area contributed by atoms with Gasteiger partial charge in [-0.15, -0.1) is 0 Å². The number of amides is 1. The minimum absolute atomic E-state index is 0.136. The lowest BCUT2D eigenvalue weighted by Gasteiger charge is -2.25. The molecule has 0 heterocycles. The number of carbonyl (C=O) groups is 2. The Balaban J connectivity index is 1.81. The third kappa shape index (κ3) is 5.54. The molecule has 1 aliphatic rings. The number of hydrogen-bond acceptors (Lipinski definition) is 3. The van der Waals surface area contributed by atoms with E-state index in [4.69, 9.17) is 16.3 Å². The zero-order valence-electron chi connectivity index (χ0n) is 13.8. The molecular formula is C18H24ClNO3. The van der Waals surface area contributed by atoms with Crippen LogP contribution in [0.1, 0.15) is 38.2 Å². The lowest BCUT2D eigenvalue weighted by molar-refractivity contribution is -0.146. The molecule has 0 saturated heterocycles. The maximum Gasteiger partial charge on any atom is 0.310 e. The standard InChI is InChI=1S/C18H24ClNO3/c1-13(18(22)23-2)12-20(16-10-11-16)17(21)5-3-4-14-6-8-15(19)9-7-14/h6-9,13,16H,3-5,10-12H2,1-2H3. The number of carbonyl (C=O) groups excluding carboxylic acids is 2. The highest BCUT2D eigenvalue weighted by molar-refractivity contribution is 6.30. The molecular weight excluding hydrogens is 314 g/mol. The Morgan fingerprint density at radius 1 is 1.30 bits per heavy atom. The fourth-order valence-corrected chi connectivity index (χ4v) is 2.78. The Kier molecular flexibility index (Phi) is 6.46. The van der Waals surface area contributed by atoms with Crippen LogP contribution in [-0.2, 0) is 20.7 Å². The largest absolute Gasteiger partial charge is 0.469 e. The Morgan fingerprint density at radius 3 is 2.52 bits per heavy atom. The van der Waals surface area contributed by atoms with Crippen molar-refractivity contribution < 1.29 is 14.3 Å². The molecule has 23 heavy (non-hydrogen) atoms. The maximum atomic E-state index is 12.5. The molecule has 1 aromatic carbocycles. The van der Waals surface area contributed by atoms with Crippen LogP contribution >= 0.6 is 11.6 Å². The van der Waals surface area contributed by atoms with E-state index in [1.54, 1.807) is 0 Å². The molecule has 1 fully saturated rings. The molecule has 1 amide bonds. The van der Waals surface area contributed by atoms with Crippen LogP contribution in [0.3, 0.4) is 0 Å². The summed E-state index contributed by atoms with van der Waals surface area (Å²) < 4.78 is 4.75. The number of hydrogen-bond donors (Lipinski definition) is 0. The van der Waals surface area contributed by atoms with E-state index in [1.165, 1.54) is 12.7 Å². The highest BCUT2D eigenvalue weighted by atomic mass is 35.5. The minimum atomic E-state index is -0.277. The molecule has 1 aliphatic carbocycles. The highest BCUT2D eigenvalue weighted by Crippen LogP contribution is 2.28. The molecule has 5 heteroatoms. The molecule has 0 spiro atoms. The van der Waals surface area contributed by atoms with E-state index in [2.05, 4.69) is 0 Å². The summed E-state index contributed by atoms with van der Waals surface area (Å²) in [6, 6.07) is 8.03. The van der Waals surface area contributed by atoms with E-state index in [9.17, 15) is 9.59 Å². The first-order chi connectivity index (χ1) is 11.0. The van der Waals surface area contributed by atoms with Crippen LogP contribution in [0.15, 0.2) is 24.3 Å². The lowest BCUT2D eigenvalue weighted by atomic mass is 10.1. The summed E-state index contributed by atoms with van der Waals surface area (Å²) in [6.07, 6.45) is 4.24. The van der Waals surface area contributed by atoms with E-state index in [-0.39, 0.29) is 17.8 Å². The average molecular weight is 338 g/mol. The van der Waals surface area contributed by atoms with Crippen molar-refractivity contribution in [2.45, 2.75) is 45.1 Å². The van der Waals surface area contributed by atoms with Gasteiger partial charge in [0.25, 0.3) is 0 Å². The van der Waals surface area contributed by atoms with Gasteiger partial charge in [0, 0.05) is 24.0 Å². The average Bonchev–Trinajstić information content (AvgIpc) is 3.38. The summed E-state index contributed by atoms with van der Waals surface area (Å²) in [5.41, 5.74) is 1.18. The van der Waals surface area contributed by atoms with Crippen molar-refractivity contribution >= 4 is 23.5 Å². The monoisotopic (exact) mass is 337 g/mol. The second-order valence-electron chi connectivity index (χ2n) is 6.18. The van der Waals surface area contributed by atoms with Gasteiger partial charge in [0.2, 0.25) is 5.91 Å². The topological polar surface area (TPSA) is 46.6 Å². The van der Waals surface area contributed by atoms with Crippen molar-refractivity contribution in [1.82, 2.24) is 4.90 Å². The summed E-state index contributed by atoms with van der Waals surface area (Å²) in [5, 5.41) is 0.724. The minimum Gasteiger partial charge on any atom is -0.469 e. The van der Waals surface area contributed by atoms with Crippen molar-refractivity contribution in [2.75, 3.05) is 13.7 Å². The number of rotatable bonds is 8. The molecule has 0 aliphatic heterocycles. The Bertz CT molecular complexity index is 540. The molecule has 4 nitrogen and oxygen atoms in total. The zero-order valence-corrected chi connectivity index (χ0v) is 14.5. The van der Waals surface area contributed by atoms with Crippen molar-refractivity contribution in [3.63, 3.8) is 0 Å². The fourth-order valence-electron chi connectivity index (χ4n) is 2.65. The summed E-state index contributed by atoms with van der Waals surface area (Å²) in [4.78, 5) is 25.9. The van der Waals surface area contributed by atoms with E-state index < -0.39 is 0 Å².